The Balaban J connectivity index is 1.40. The number of hydrogen-bond donors (Lipinski definition) is 1. The van der Waals surface area contributed by atoms with E-state index in [0.717, 1.165) is 22.4 Å². The predicted molar refractivity (Wildman–Crippen MR) is 119 cm³/mol. The van der Waals surface area contributed by atoms with Crippen molar-refractivity contribution in [2.24, 2.45) is 0 Å². The molecule has 0 saturated carbocycles. The molecule has 0 unspecified atom stereocenters. The molecule has 0 saturated heterocycles. The minimum absolute atomic E-state index is 0.162. The van der Waals surface area contributed by atoms with Gasteiger partial charge in [0, 0.05) is 11.3 Å². The summed E-state index contributed by atoms with van der Waals surface area (Å²) in [6.07, 6.45) is 0. The molecule has 0 aliphatic carbocycles. The smallest absolute Gasteiger partial charge is 0.266 e. The fourth-order valence-corrected chi connectivity index (χ4v) is 3.39. The summed E-state index contributed by atoms with van der Waals surface area (Å²) < 4.78 is 7.95. The molecule has 0 spiro atoms. The van der Waals surface area contributed by atoms with E-state index in [1.807, 2.05) is 54.6 Å². The van der Waals surface area contributed by atoms with Crippen LogP contribution >= 0.6 is 0 Å². The van der Waals surface area contributed by atoms with Crippen molar-refractivity contribution in [2.45, 2.75) is 13.8 Å². The summed E-state index contributed by atoms with van der Waals surface area (Å²) in [6.45, 7) is 3.88. The quantitative estimate of drug-likeness (QED) is 0.455. The highest BCUT2D eigenvalue weighted by molar-refractivity contribution is 6.04. The molecule has 0 atom stereocenters. The summed E-state index contributed by atoms with van der Waals surface area (Å²) in [6, 6.07) is 22.3. The monoisotopic (exact) mass is 409 g/mol. The number of nitrogens with zero attached hydrogens (tertiary/aromatic N) is 4. The fourth-order valence-electron chi connectivity index (χ4n) is 3.39. The van der Waals surface area contributed by atoms with Crippen LogP contribution in [0, 0.1) is 13.8 Å². The Morgan fingerprint density at radius 3 is 2.42 bits per heavy atom. The van der Waals surface area contributed by atoms with Gasteiger partial charge in [0.15, 0.2) is 0 Å². The molecule has 1 N–H and O–H groups in total. The highest BCUT2D eigenvalue weighted by Crippen LogP contribution is 2.28. The Bertz CT molecular complexity index is 1410. The average Bonchev–Trinajstić information content (AvgIpc) is 3.18. The molecule has 152 valence electrons. The van der Waals surface area contributed by atoms with Gasteiger partial charge < -0.3 is 10.1 Å². The summed E-state index contributed by atoms with van der Waals surface area (Å²) in [5, 5.41) is 11.3. The van der Waals surface area contributed by atoms with E-state index in [2.05, 4.69) is 20.5 Å². The molecule has 7 nitrogen and oxygen atoms in total. The van der Waals surface area contributed by atoms with Crippen LogP contribution < -0.4 is 10.1 Å². The van der Waals surface area contributed by atoms with Crippen LogP contribution in [0.15, 0.2) is 72.8 Å². The van der Waals surface area contributed by atoms with Gasteiger partial charge >= 0.3 is 0 Å². The van der Waals surface area contributed by atoms with Gasteiger partial charge in [0.25, 0.3) is 11.8 Å². The van der Waals surface area contributed by atoms with Crippen molar-refractivity contribution in [3.63, 3.8) is 0 Å². The van der Waals surface area contributed by atoms with Gasteiger partial charge in [0.05, 0.1) is 11.0 Å². The maximum absolute atomic E-state index is 12.4. The van der Waals surface area contributed by atoms with E-state index in [1.165, 1.54) is 0 Å². The lowest BCUT2D eigenvalue weighted by Crippen LogP contribution is -2.11. The van der Waals surface area contributed by atoms with E-state index in [0.29, 0.717) is 28.5 Å². The molecule has 5 rings (SSSR count). The van der Waals surface area contributed by atoms with Crippen LogP contribution in [0.3, 0.4) is 0 Å². The average molecular weight is 409 g/mol. The number of anilines is 1. The van der Waals surface area contributed by atoms with Gasteiger partial charge in [-0.25, -0.2) is 4.98 Å². The minimum atomic E-state index is -0.162. The van der Waals surface area contributed by atoms with Crippen LogP contribution in [-0.2, 0) is 0 Å². The first-order valence-electron chi connectivity index (χ1n) is 9.85. The number of carbonyl (C=O) groups is 1. The van der Waals surface area contributed by atoms with Crippen molar-refractivity contribution in [2.75, 3.05) is 5.32 Å². The number of carbonyl (C=O) groups excluding carboxylic acids is 1. The second-order valence-corrected chi connectivity index (χ2v) is 7.26. The molecule has 2 aromatic heterocycles. The van der Waals surface area contributed by atoms with Crippen molar-refractivity contribution in [1.82, 2.24) is 19.6 Å². The first-order chi connectivity index (χ1) is 15.1. The molecular weight excluding hydrogens is 390 g/mol. The third kappa shape index (κ3) is 3.57. The van der Waals surface area contributed by atoms with Crippen LogP contribution in [0.5, 0.6) is 11.6 Å². The first kappa shape index (κ1) is 18.7. The summed E-state index contributed by atoms with van der Waals surface area (Å²) in [5.41, 5.74) is 4.64. The van der Waals surface area contributed by atoms with Gasteiger partial charge in [-0.15, -0.1) is 10.2 Å². The molecular formula is C24H19N5O2. The molecule has 0 aliphatic rings. The van der Waals surface area contributed by atoms with Crippen LogP contribution in [0.25, 0.3) is 16.7 Å². The normalized spacial score (nSPS) is 11.0. The van der Waals surface area contributed by atoms with Crippen molar-refractivity contribution in [1.29, 1.82) is 0 Å². The number of nitrogens with one attached hydrogen (secondary N) is 1. The Kier molecular flexibility index (Phi) is 4.55. The molecule has 3 aromatic carbocycles. The zero-order valence-electron chi connectivity index (χ0n) is 17.0. The van der Waals surface area contributed by atoms with Crippen molar-refractivity contribution < 1.29 is 9.53 Å². The van der Waals surface area contributed by atoms with E-state index in [4.69, 9.17) is 4.74 Å². The number of fused-ring (bicyclic) bond motifs is 3. The number of ether oxygens (including phenoxy) is 1. The maximum atomic E-state index is 12.4. The van der Waals surface area contributed by atoms with Gasteiger partial charge in [-0.05, 0) is 62.4 Å². The third-order valence-electron chi connectivity index (χ3n) is 5.00. The molecule has 5 aromatic rings. The summed E-state index contributed by atoms with van der Waals surface area (Å²) >= 11 is 0. The minimum Gasteiger partial charge on any atom is -0.436 e. The Hall–Kier alpha value is -4.26. The molecule has 2 heterocycles. The number of para-hydroxylation sites is 2. The molecule has 0 aliphatic heterocycles. The highest BCUT2D eigenvalue weighted by Gasteiger charge is 2.15. The van der Waals surface area contributed by atoms with Crippen molar-refractivity contribution >= 4 is 28.3 Å². The SMILES string of the molecule is Cc1ccc(C(=O)Nc2ccc(Oc3nc4ccccc4n4c(C)nnc34)cc2)cc1. The highest BCUT2D eigenvalue weighted by atomic mass is 16.5. The predicted octanol–water partition coefficient (Wildman–Crippen LogP) is 4.94. The fraction of sp³-hybridized carbons (Fsp3) is 0.0833. The van der Waals surface area contributed by atoms with E-state index in [-0.39, 0.29) is 5.91 Å². The maximum Gasteiger partial charge on any atom is 0.266 e. The van der Waals surface area contributed by atoms with E-state index in [1.54, 1.807) is 36.4 Å². The Labute approximate surface area is 178 Å². The number of amides is 1. The number of rotatable bonds is 4. The molecule has 31 heavy (non-hydrogen) atoms. The lowest BCUT2D eigenvalue weighted by atomic mass is 10.1. The number of aromatic nitrogens is 4. The van der Waals surface area contributed by atoms with Crippen molar-refractivity contribution in [3.05, 3.63) is 89.7 Å². The van der Waals surface area contributed by atoms with Crippen LogP contribution in [-0.4, -0.2) is 25.5 Å². The Morgan fingerprint density at radius 2 is 1.65 bits per heavy atom. The molecule has 7 heteroatoms. The standard InChI is InChI=1S/C24H19N5O2/c1-15-7-9-17(10-8-15)23(30)25-18-11-13-19(14-12-18)31-24-22-28-27-16(2)29(22)21-6-4-3-5-20(21)26-24/h3-14H,1-2H3,(H,25,30). The van der Waals surface area contributed by atoms with Crippen LogP contribution in [0.1, 0.15) is 21.7 Å². The zero-order chi connectivity index (χ0) is 21.4. The van der Waals surface area contributed by atoms with Gasteiger partial charge in [-0.2, -0.15) is 0 Å². The van der Waals surface area contributed by atoms with Crippen LogP contribution in [0.2, 0.25) is 0 Å². The molecule has 0 bridgehead atoms. The van der Waals surface area contributed by atoms with Crippen molar-refractivity contribution in [3.8, 4) is 11.6 Å². The third-order valence-corrected chi connectivity index (χ3v) is 5.00. The lowest BCUT2D eigenvalue weighted by Gasteiger charge is -2.10. The number of aryl methyl sites for hydroxylation is 2. The summed E-state index contributed by atoms with van der Waals surface area (Å²) in [7, 11) is 0. The van der Waals surface area contributed by atoms with E-state index >= 15 is 0 Å². The molecule has 0 fully saturated rings. The lowest BCUT2D eigenvalue weighted by molar-refractivity contribution is 0.102. The largest absolute Gasteiger partial charge is 0.436 e. The summed E-state index contributed by atoms with van der Waals surface area (Å²) in [5.74, 6) is 1.55. The van der Waals surface area contributed by atoms with E-state index in [9.17, 15) is 4.79 Å². The second-order valence-electron chi connectivity index (χ2n) is 7.26. The summed E-state index contributed by atoms with van der Waals surface area (Å²) in [4.78, 5) is 17.0. The number of hydrogen-bond acceptors (Lipinski definition) is 5. The Morgan fingerprint density at radius 1 is 0.903 bits per heavy atom. The zero-order valence-corrected chi connectivity index (χ0v) is 17.0. The molecule has 0 radical (unpaired) electrons. The van der Waals surface area contributed by atoms with Gasteiger partial charge in [-0.3, -0.25) is 9.20 Å². The van der Waals surface area contributed by atoms with E-state index < -0.39 is 0 Å². The topological polar surface area (TPSA) is 81.4 Å². The van der Waals surface area contributed by atoms with Crippen LogP contribution in [0.4, 0.5) is 5.69 Å². The second kappa shape index (κ2) is 7.53. The number of benzene rings is 3. The van der Waals surface area contributed by atoms with Gasteiger partial charge in [0.1, 0.15) is 11.6 Å². The van der Waals surface area contributed by atoms with Gasteiger partial charge in [-0.1, -0.05) is 29.8 Å². The first-order valence-corrected chi connectivity index (χ1v) is 9.85. The molecule has 1 amide bonds. The van der Waals surface area contributed by atoms with Gasteiger partial charge in [0.2, 0.25) is 5.65 Å².